The van der Waals surface area contributed by atoms with Gasteiger partial charge < -0.3 is 5.32 Å². The van der Waals surface area contributed by atoms with Gasteiger partial charge in [0.2, 0.25) is 0 Å². The molecule has 8 heteroatoms. The van der Waals surface area contributed by atoms with Crippen LogP contribution in [0.3, 0.4) is 0 Å². The number of benzene rings is 1. The minimum absolute atomic E-state index is 0.154. The Morgan fingerprint density at radius 1 is 1.35 bits per heavy atom. The van der Waals surface area contributed by atoms with E-state index < -0.39 is 22.3 Å². The Morgan fingerprint density at radius 3 is 2.75 bits per heavy atom. The van der Waals surface area contributed by atoms with Crippen molar-refractivity contribution in [3.63, 3.8) is 0 Å². The lowest BCUT2D eigenvalue weighted by Crippen LogP contribution is -2.13. The fourth-order valence-electron chi connectivity index (χ4n) is 1.47. The van der Waals surface area contributed by atoms with Crippen molar-refractivity contribution in [3.8, 4) is 0 Å². The topological polar surface area (TPSA) is 85.1 Å². The zero-order valence-electron chi connectivity index (χ0n) is 9.84. The van der Waals surface area contributed by atoms with Crippen molar-refractivity contribution < 1.29 is 14.1 Å². The molecule has 0 radical (unpaired) electrons. The number of nitro benzene ring substituents is 1. The number of pyridine rings is 1. The van der Waals surface area contributed by atoms with Crippen LogP contribution in [0.25, 0.3) is 0 Å². The zero-order chi connectivity index (χ0) is 14.7. The van der Waals surface area contributed by atoms with Gasteiger partial charge in [-0.2, -0.15) is 0 Å². The molecule has 0 unspecified atom stereocenters. The Bertz CT molecular complexity index is 693. The van der Waals surface area contributed by atoms with E-state index in [1.807, 2.05) is 0 Å². The molecule has 1 N–H and O–H groups in total. The lowest BCUT2D eigenvalue weighted by atomic mass is 10.2. The number of halogens is 2. The number of carbonyl (C=O) groups is 1. The second kappa shape index (κ2) is 5.74. The van der Waals surface area contributed by atoms with Crippen molar-refractivity contribution in [3.05, 3.63) is 62.5 Å². The summed E-state index contributed by atoms with van der Waals surface area (Å²) in [5.41, 5.74) is -0.643. The van der Waals surface area contributed by atoms with E-state index in [1.165, 1.54) is 6.20 Å². The van der Waals surface area contributed by atoms with Crippen molar-refractivity contribution >= 4 is 33.3 Å². The van der Waals surface area contributed by atoms with Gasteiger partial charge in [-0.05, 0) is 18.2 Å². The Morgan fingerprint density at radius 2 is 2.10 bits per heavy atom. The number of amides is 1. The highest BCUT2D eigenvalue weighted by Crippen LogP contribution is 2.18. The maximum absolute atomic E-state index is 13.2. The highest BCUT2D eigenvalue weighted by Gasteiger charge is 2.15. The third-order valence-electron chi connectivity index (χ3n) is 2.32. The summed E-state index contributed by atoms with van der Waals surface area (Å²) in [6, 6.07) is 5.87. The van der Waals surface area contributed by atoms with Crippen molar-refractivity contribution in [1.29, 1.82) is 0 Å². The van der Waals surface area contributed by atoms with Gasteiger partial charge in [-0.25, -0.2) is 9.37 Å². The molecule has 1 aromatic carbocycles. The molecule has 0 bridgehead atoms. The maximum Gasteiger partial charge on any atom is 0.273 e. The highest BCUT2D eigenvalue weighted by atomic mass is 79.9. The van der Waals surface area contributed by atoms with E-state index in [9.17, 15) is 19.3 Å². The summed E-state index contributed by atoms with van der Waals surface area (Å²) in [5, 5.41) is 13.0. The minimum Gasteiger partial charge on any atom is -0.307 e. The van der Waals surface area contributed by atoms with Gasteiger partial charge >= 0.3 is 0 Å². The van der Waals surface area contributed by atoms with E-state index in [4.69, 9.17) is 0 Å². The van der Waals surface area contributed by atoms with Crippen LogP contribution >= 0.6 is 15.9 Å². The van der Waals surface area contributed by atoms with Crippen molar-refractivity contribution in [2.24, 2.45) is 0 Å². The number of nitrogens with zero attached hydrogens (tertiary/aromatic N) is 2. The Hall–Kier alpha value is -2.35. The fourth-order valence-corrected chi connectivity index (χ4v) is 1.81. The molecule has 1 heterocycles. The summed E-state index contributed by atoms with van der Waals surface area (Å²) in [7, 11) is 0. The average molecular weight is 340 g/mol. The van der Waals surface area contributed by atoms with Gasteiger partial charge in [0.25, 0.3) is 11.6 Å². The van der Waals surface area contributed by atoms with Gasteiger partial charge in [0.05, 0.1) is 11.0 Å². The number of aromatic nitrogens is 1. The number of hydrogen-bond acceptors (Lipinski definition) is 4. The van der Waals surface area contributed by atoms with Crippen molar-refractivity contribution in [2.75, 3.05) is 5.32 Å². The summed E-state index contributed by atoms with van der Waals surface area (Å²) in [6.45, 7) is 0. The summed E-state index contributed by atoms with van der Waals surface area (Å²) < 4.78 is 13.9. The van der Waals surface area contributed by atoms with Gasteiger partial charge in [0.1, 0.15) is 11.6 Å². The van der Waals surface area contributed by atoms with E-state index in [1.54, 1.807) is 12.1 Å². The summed E-state index contributed by atoms with van der Waals surface area (Å²) in [6.07, 6.45) is 1.47. The highest BCUT2D eigenvalue weighted by molar-refractivity contribution is 9.10. The molecule has 0 fully saturated rings. The van der Waals surface area contributed by atoms with Gasteiger partial charge in [-0.3, -0.25) is 14.9 Å². The minimum atomic E-state index is -0.855. The van der Waals surface area contributed by atoms with Gasteiger partial charge in [-0.15, -0.1) is 0 Å². The lowest BCUT2D eigenvalue weighted by molar-refractivity contribution is -0.385. The molecular weight excluding hydrogens is 333 g/mol. The predicted molar refractivity (Wildman–Crippen MR) is 72.9 cm³/mol. The largest absolute Gasteiger partial charge is 0.307 e. The Balaban J connectivity index is 2.27. The van der Waals surface area contributed by atoms with Gasteiger partial charge in [0, 0.05) is 22.3 Å². The molecule has 1 aromatic heterocycles. The number of nitrogens with one attached hydrogen (secondary N) is 1. The number of hydrogen-bond donors (Lipinski definition) is 1. The van der Waals surface area contributed by atoms with Crippen LogP contribution in [0.5, 0.6) is 0 Å². The molecule has 1 amide bonds. The van der Waals surface area contributed by atoms with Crippen LogP contribution in [-0.2, 0) is 0 Å². The molecule has 6 nitrogen and oxygen atoms in total. The van der Waals surface area contributed by atoms with E-state index in [-0.39, 0.29) is 11.4 Å². The van der Waals surface area contributed by atoms with Crippen LogP contribution in [-0.4, -0.2) is 15.8 Å². The van der Waals surface area contributed by atoms with E-state index in [0.717, 1.165) is 18.2 Å². The second-order valence-corrected chi connectivity index (χ2v) is 4.68. The number of nitro groups is 1. The molecule has 0 saturated heterocycles. The first-order valence-corrected chi connectivity index (χ1v) is 6.13. The predicted octanol–water partition coefficient (Wildman–Crippen LogP) is 3.14. The molecular formula is C12H7BrFN3O3. The molecule has 0 aliphatic rings. The second-order valence-electron chi connectivity index (χ2n) is 3.77. The lowest BCUT2D eigenvalue weighted by Gasteiger charge is -2.05. The molecule has 0 atom stereocenters. The Labute approximate surface area is 120 Å². The molecule has 0 saturated carbocycles. The number of non-ortho nitro benzene ring substituents is 1. The summed E-state index contributed by atoms with van der Waals surface area (Å²) in [4.78, 5) is 25.6. The van der Waals surface area contributed by atoms with Crippen LogP contribution in [0.15, 0.2) is 41.0 Å². The van der Waals surface area contributed by atoms with E-state index in [2.05, 4.69) is 26.2 Å². The first-order valence-electron chi connectivity index (χ1n) is 5.33. The molecule has 2 aromatic rings. The van der Waals surface area contributed by atoms with Gasteiger partial charge in [-0.1, -0.05) is 15.9 Å². The SMILES string of the molecule is O=C(Nc1cc(Br)ccn1)c1cc(F)cc([N+](=O)[O-])c1. The monoisotopic (exact) mass is 339 g/mol. The number of anilines is 1. The first kappa shape index (κ1) is 14.1. The summed E-state index contributed by atoms with van der Waals surface area (Å²) in [5.74, 6) is -1.29. The fraction of sp³-hybridized carbons (Fsp3) is 0. The third-order valence-corrected chi connectivity index (χ3v) is 2.81. The van der Waals surface area contributed by atoms with Crippen LogP contribution in [0, 0.1) is 15.9 Å². The quantitative estimate of drug-likeness (QED) is 0.687. The molecule has 102 valence electrons. The molecule has 0 aliphatic heterocycles. The van der Waals surface area contributed by atoms with Crippen LogP contribution in [0.1, 0.15) is 10.4 Å². The maximum atomic E-state index is 13.2. The van der Waals surface area contributed by atoms with Crippen molar-refractivity contribution in [2.45, 2.75) is 0 Å². The van der Waals surface area contributed by atoms with Crippen molar-refractivity contribution in [1.82, 2.24) is 4.98 Å². The first-order chi connectivity index (χ1) is 9.45. The molecule has 2 rings (SSSR count). The van der Waals surface area contributed by atoms with E-state index in [0.29, 0.717) is 4.47 Å². The molecule has 0 spiro atoms. The normalized spacial score (nSPS) is 10.1. The standard InChI is InChI=1S/C12H7BrFN3O3/c13-8-1-2-15-11(5-8)16-12(18)7-3-9(14)6-10(4-7)17(19)20/h1-6H,(H,15,16,18). The number of carbonyl (C=O) groups excluding carboxylic acids is 1. The van der Waals surface area contributed by atoms with Crippen LogP contribution in [0.4, 0.5) is 15.9 Å². The van der Waals surface area contributed by atoms with Crippen LogP contribution < -0.4 is 5.32 Å². The van der Waals surface area contributed by atoms with Crippen LogP contribution in [0.2, 0.25) is 0 Å². The zero-order valence-corrected chi connectivity index (χ0v) is 11.4. The van der Waals surface area contributed by atoms with E-state index >= 15 is 0 Å². The van der Waals surface area contributed by atoms with Gasteiger partial charge in [0.15, 0.2) is 0 Å². The third kappa shape index (κ3) is 3.35. The molecule has 20 heavy (non-hydrogen) atoms. The smallest absolute Gasteiger partial charge is 0.273 e. The molecule has 0 aliphatic carbocycles. The Kier molecular flexibility index (Phi) is 4.04. The summed E-state index contributed by atoms with van der Waals surface area (Å²) >= 11 is 3.21. The number of rotatable bonds is 3. The average Bonchev–Trinajstić information content (AvgIpc) is 2.37.